The number of nitrogens with one attached hydrogen (secondary N) is 2. The molecule has 0 radical (unpaired) electrons. The Kier molecular flexibility index (Phi) is 6.82. The Labute approximate surface area is 125 Å². The first-order valence-corrected chi connectivity index (χ1v) is 8.20. The molecule has 1 heterocycles. The highest BCUT2D eigenvalue weighted by Gasteiger charge is 2.35. The van der Waals surface area contributed by atoms with E-state index in [1.54, 1.807) is 0 Å². The number of carbonyl (C=O) groups is 2. The zero-order valence-corrected chi connectivity index (χ0v) is 13.6. The Balaban J connectivity index is 2.31. The van der Waals surface area contributed by atoms with Crippen LogP contribution in [0.5, 0.6) is 0 Å². The molecular weight excluding hydrogens is 276 g/mol. The second-order valence-electron chi connectivity index (χ2n) is 6.10. The average molecular weight is 302 g/mol. The van der Waals surface area contributed by atoms with Gasteiger partial charge in [-0.05, 0) is 33.6 Å². The molecule has 0 aromatic rings. The van der Waals surface area contributed by atoms with E-state index < -0.39 is 5.60 Å². The Hall–Kier alpha value is -0.750. The largest absolute Gasteiger partial charge is 0.459 e. The molecule has 1 aliphatic heterocycles. The van der Waals surface area contributed by atoms with E-state index in [0.717, 1.165) is 18.6 Å². The summed E-state index contributed by atoms with van der Waals surface area (Å²) < 4.78 is 8.18. The van der Waals surface area contributed by atoms with Crippen molar-refractivity contribution in [2.45, 2.75) is 58.6 Å². The molecule has 5 nitrogen and oxygen atoms in total. The summed E-state index contributed by atoms with van der Waals surface area (Å²) in [5.41, 5.74) is -0.491. The number of rotatable bonds is 6. The molecular formula is C14H26N2O3S. The number of ether oxygens (including phenoxy) is 1. The summed E-state index contributed by atoms with van der Waals surface area (Å²) >= 11 is 1.45. The van der Waals surface area contributed by atoms with E-state index in [0.29, 0.717) is 13.0 Å². The third-order valence-corrected chi connectivity index (χ3v) is 3.80. The van der Waals surface area contributed by atoms with Crippen LogP contribution in [0.2, 0.25) is 0 Å². The molecule has 20 heavy (non-hydrogen) atoms. The molecule has 2 unspecified atom stereocenters. The number of carbonyl (C=O) groups excluding carboxylic acids is 2. The molecule has 6 heteroatoms. The summed E-state index contributed by atoms with van der Waals surface area (Å²) in [6.45, 7) is 8.18. The van der Waals surface area contributed by atoms with Gasteiger partial charge in [-0.2, -0.15) is 0 Å². The van der Waals surface area contributed by atoms with Crippen molar-refractivity contribution < 1.29 is 14.3 Å². The lowest BCUT2D eigenvalue weighted by molar-refractivity contribution is -0.157. The minimum absolute atomic E-state index is 0.00432. The van der Waals surface area contributed by atoms with Gasteiger partial charge in [0.2, 0.25) is 5.91 Å². The van der Waals surface area contributed by atoms with Crippen LogP contribution in [-0.4, -0.2) is 35.8 Å². The molecule has 2 N–H and O–H groups in total. The van der Waals surface area contributed by atoms with Gasteiger partial charge in [-0.1, -0.05) is 25.3 Å². The molecule has 1 rings (SSSR count). The van der Waals surface area contributed by atoms with Gasteiger partial charge in [0.15, 0.2) is 0 Å². The molecule has 1 aliphatic rings. The number of amides is 1. The molecule has 0 aromatic heterocycles. The highest BCUT2D eigenvalue weighted by molar-refractivity contribution is 7.97. The lowest BCUT2D eigenvalue weighted by Crippen LogP contribution is -2.37. The van der Waals surface area contributed by atoms with Gasteiger partial charge in [0, 0.05) is 12.3 Å². The molecule has 1 amide bonds. The topological polar surface area (TPSA) is 67.4 Å². The first kappa shape index (κ1) is 17.3. The lowest BCUT2D eigenvalue weighted by atomic mass is 10.1. The van der Waals surface area contributed by atoms with Crippen LogP contribution in [-0.2, 0) is 14.3 Å². The van der Waals surface area contributed by atoms with Crippen molar-refractivity contribution in [3.05, 3.63) is 0 Å². The molecule has 0 aromatic carbocycles. The van der Waals surface area contributed by atoms with Crippen LogP contribution >= 0.6 is 11.9 Å². The van der Waals surface area contributed by atoms with Gasteiger partial charge in [-0.3, -0.25) is 14.3 Å². The first-order chi connectivity index (χ1) is 9.33. The Morgan fingerprint density at radius 3 is 2.70 bits per heavy atom. The van der Waals surface area contributed by atoms with Crippen molar-refractivity contribution in [3.63, 3.8) is 0 Å². The zero-order chi connectivity index (χ0) is 15.2. The Morgan fingerprint density at radius 1 is 1.40 bits per heavy atom. The third-order valence-electron chi connectivity index (χ3n) is 2.97. The van der Waals surface area contributed by atoms with Crippen LogP contribution in [0, 0.1) is 5.92 Å². The number of hydrogen-bond acceptors (Lipinski definition) is 5. The fraction of sp³-hybridized carbons (Fsp3) is 0.857. The van der Waals surface area contributed by atoms with Gasteiger partial charge in [-0.15, -0.1) is 0 Å². The highest BCUT2D eigenvalue weighted by atomic mass is 32.2. The van der Waals surface area contributed by atoms with Crippen molar-refractivity contribution in [3.8, 4) is 0 Å². The van der Waals surface area contributed by atoms with E-state index in [-0.39, 0.29) is 23.8 Å². The maximum Gasteiger partial charge on any atom is 0.323 e. The minimum atomic E-state index is -0.491. The van der Waals surface area contributed by atoms with E-state index in [1.807, 2.05) is 20.8 Å². The fourth-order valence-electron chi connectivity index (χ4n) is 1.91. The van der Waals surface area contributed by atoms with E-state index >= 15 is 0 Å². The monoisotopic (exact) mass is 302 g/mol. The lowest BCUT2D eigenvalue weighted by Gasteiger charge is -2.22. The summed E-state index contributed by atoms with van der Waals surface area (Å²) in [5.74, 6) is 0.510. The standard InChI is InChI=1S/C14H26N2O3S/c1-5-6-7-20-16-12(17)10-8-11(15-9-10)13(18)19-14(2,3)4/h10-11,15H,5-9H2,1-4H3,(H,16,17). The van der Waals surface area contributed by atoms with Crippen LogP contribution in [0.25, 0.3) is 0 Å². The predicted molar refractivity (Wildman–Crippen MR) is 81.3 cm³/mol. The van der Waals surface area contributed by atoms with E-state index in [2.05, 4.69) is 17.0 Å². The van der Waals surface area contributed by atoms with Crippen molar-refractivity contribution in [2.24, 2.45) is 5.92 Å². The van der Waals surface area contributed by atoms with E-state index in [9.17, 15) is 9.59 Å². The number of hydrogen-bond donors (Lipinski definition) is 2. The summed E-state index contributed by atoms with van der Waals surface area (Å²) in [6, 6.07) is -0.370. The van der Waals surface area contributed by atoms with Crippen molar-refractivity contribution in [2.75, 3.05) is 12.3 Å². The third kappa shape index (κ3) is 6.13. The molecule has 0 bridgehead atoms. The first-order valence-electron chi connectivity index (χ1n) is 7.21. The fourth-order valence-corrected chi connectivity index (χ4v) is 2.75. The van der Waals surface area contributed by atoms with Crippen LogP contribution in [0.3, 0.4) is 0 Å². The van der Waals surface area contributed by atoms with Crippen molar-refractivity contribution >= 4 is 23.8 Å². The second-order valence-corrected chi connectivity index (χ2v) is 7.00. The zero-order valence-electron chi connectivity index (χ0n) is 12.8. The summed E-state index contributed by atoms with van der Waals surface area (Å²) in [4.78, 5) is 23.8. The van der Waals surface area contributed by atoms with E-state index in [4.69, 9.17) is 4.74 Å². The smallest absolute Gasteiger partial charge is 0.323 e. The Bertz CT molecular complexity index is 342. The van der Waals surface area contributed by atoms with Gasteiger partial charge in [0.05, 0.1) is 5.92 Å². The van der Waals surface area contributed by atoms with Crippen molar-refractivity contribution in [1.29, 1.82) is 0 Å². The molecule has 0 spiro atoms. The summed E-state index contributed by atoms with van der Waals surface area (Å²) in [6.07, 6.45) is 2.72. The summed E-state index contributed by atoms with van der Waals surface area (Å²) in [7, 11) is 0. The normalized spacial score (nSPS) is 22.6. The van der Waals surface area contributed by atoms with E-state index in [1.165, 1.54) is 11.9 Å². The van der Waals surface area contributed by atoms with Gasteiger partial charge in [0.1, 0.15) is 11.6 Å². The second kappa shape index (κ2) is 7.88. The van der Waals surface area contributed by atoms with Crippen LogP contribution in [0.4, 0.5) is 0 Å². The quantitative estimate of drug-likeness (QED) is 0.445. The molecule has 0 saturated carbocycles. The van der Waals surface area contributed by atoms with Gasteiger partial charge in [0.25, 0.3) is 0 Å². The molecule has 116 valence electrons. The maximum atomic E-state index is 11.9. The highest BCUT2D eigenvalue weighted by Crippen LogP contribution is 2.19. The van der Waals surface area contributed by atoms with Crippen molar-refractivity contribution in [1.82, 2.24) is 10.0 Å². The molecule has 2 atom stereocenters. The predicted octanol–water partition coefficient (Wildman–Crippen LogP) is 1.87. The van der Waals surface area contributed by atoms with Gasteiger partial charge in [-0.25, -0.2) is 0 Å². The van der Waals surface area contributed by atoms with Gasteiger partial charge < -0.3 is 10.1 Å². The average Bonchev–Trinajstić information content (AvgIpc) is 2.82. The van der Waals surface area contributed by atoms with Crippen LogP contribution in [0.1, 0.15) is 47.0 Å². The molecule has 0 aliphatic carbocycles. The number of esters is 1. The Morgan fingerprint density at radius 2 is 2.10 bits per heavy atom. The minimum Gasteiger partial charge on any atom is -0.459 e. The molecule has 1 fully saturated rings. The maximum absolute atomic E-state index is 11.9. The SMILES string of the molecule is CCCCSNC(=O)C1CNC(C(=O)OC(C)(C)C)C1. The van der Waals surface area contributed by atoms with Crippen LogP contribution < -0.4 is 10.0 Å². The van der Waals surface area contributed by atoms with Crippen LogP contribution in [0.15, 0.2) is 0 Å². The van der Waals surface area contributed by atoms with Gasteiger partial charge >= 0.3 is 5.97 Å². The number of unbranched alkanes of at least 4 members (excludes halogenated alkanes) is 1. The molecule has 1 saturated heterocycles. The summed E-state index contributed by atoms with van der Waals surface area (Å²) in [5, 5.41) is 3.07.